The molecule has 0 spiro atoms. The van der Waals surface area contributed by atoms with E-state index in [4.69, 9.17) is 9.47 Å². The summed E-state index contributed by atoms with van der Waals surface area (Å²) in [7, 11) is 0. The zero-order valence-corrected chi connectivity index (χ0v) is 14.7. The van der Waals surface area contributed by atoms with Gasteiger partial charge in [-0.15, -0.1) is 0 Å². The molecule has 0 aromatic heterocycles. The van der Waals surface area contributed by atoms with Crippen molar-refractivity contribution in [1.82, 2.24) is 0 Å². The molecular weight excluding hydrogens is 356 g/mol. The summed E-state index contributed by atoms with van der Waals surface area (Å²) in [5.74, 6) is 0.290. The van der Waals surface area contributed by atoms with Gasteiger partial charge in [-0.1, -0.05) is 52.3 Å². The number of hydrogen-bond acceptors (Lipinski definition) is 3. The molecule has 0 aliphatic heterocycles. The molecule has 0 aliphatic rings. The van der Waals surface area contributed by atoms with E-state index in [-0.39, 0.29) is 5.97 Å². The topological polar surface area (TPSA) is 35.5 Å². The second-order valence-electron chi connectivity index (χ2n) is 4.97. The van der Waals surface area contributed by atoms with Gasteiger partial charge < -0.3 is 9.47 Å². The standard InChI is InChI=1S/C19H19BrO3/c1-3-22-19(21)14(2)23-18-12-8-16(9-13-18)5-4-15-6-10-17(20)11-7-15/h4-14H,3H2,1-2H3/b5-4+. The molecule has 0 aliphatic carbocycles. The molecule has 0 fully saturated rings. The number of carbonyl (C=O) groups excluding carboxylic acids is 1. The summed E-state index contributed by atoms with van der Waals surface area (Å²) < 4.78 is 11.5. The molecule has 0 heterocycles. The zero-order chi connectivity index (χ0) is 16.7. The van der Waals surface area contributed by atoms with Crippen molar-refractivity contribution in [3.63, 3.8) is 0 Å². The Hall–Kier alpha value is -2.07. The molecule has 1 unspecified atom stereocenters. The third kappa shape index (κ3) is 5.57. The lowest BCUT2D eigenvalue weighted by Gasteiger charge is -2.13. The summed E-state index contributed by atoms with van der Waals surface area (Å²) in [6.45, 7) is 3.81. The van der Waals surface area contributed by atoms with Crippen LogP contribution in [0.3, 0.4) is 0 Å². The minimum Gasteiger partial charge on any atom is -0.479 e. The van der Waals surface area contributed by atoms with Crippen LogP contribution in [0.5, 0.6) is 5.75 Å². The Morgan fingerprint density at radius 1 is 1.04 bits per heavy atom. The monoisotopic (exact) mass is 374 g/mol. The predicted octanol–water partition coefficient (Wildman–Crippen LogP) is 4.95. The van der Waals surface area contributed by atoms with E-state index in [1.807, 2.05) is 60.7 Å². The molecular formula is C19H19BrO3. The molecule has 0 saturated heterocycles. The van der Waals surface area contributed by atoms with E-state index < -0.39 is 6.10 Å². The van der Waals surface area contributed by atoms with E-state index in [1.165, 1.54) is 0 Å². The Kier molecular flexibility index (Phi) is 6.41. The molecule has 2 aromatic carbocycles. The number of carbonyl (C=O) groups is 1. The minimum atomic E-state index is -0.612. The first-order valence-corrected chi connectivity index (χ1v) is 8.25. The molecule has 2 rings (SSSR count). The highest BCUT2D eigenvalue weighted by Crippen LogP contribution is 2.17. The third-order valence-corrected chi connectivity index (χ3v) is 3.68. The van der Waals surface area contributed by atoms with Crippen LogP contribution in [0.2, 0.25) is 0 Å². The maximum absolute atomic E-state index is 11.5. The van der Waals surface area contributed by atoms with Crippen LogP contribution in [0, 0.1) is 0 Å². The maximum Gasteiger partial charge on any atom is 0.347 e. The normalized spacial score (nSPS) is 12.1. The molecule has 120 valence electrons. The van der Waals surface area contributed by atoms with Gasteiger partial charge in [-0.25, -0.2) is 4.79 Å². The van der Waals surface area contributed by atoms with Crippen molar-refractivity contribution in [3.8, 4) is 5.75 Å². The van der Waals surface area contributed by atoms with Gasteiger partial charge >= 0.3 is 5.97 Å². The van der Waals surface area contributed by atoms with E-state index >= 15 is 0 Å². The lowest BCUT2D eigenvalue weighted by molar-refractivity contribution is -0.150. The van der Waals surface area contributed by atoms with E-state index in [0.717, 1.165) is 15.6 Å². The predicted molar refractivity (Wildman–Crippen MR) is 96.2 cm³/mol. The van der Waals surface area contributed by atoms with E-state index in [9.17, 15) is 4.79 Å². The number of esters is 1. The molecule has 3 nitrogen and oxygen atoms in total. The molecule has 23 heavy (non-hydrogen) atoms. The first-order chi connectivity index (χ1) is 11.1. The number of halogens is 1. The van der Waals surface area contributed by atoms with Gasteiger partial charge in [0, 0.05) is 4.47 Å². The van der Waals surface area contributed by atoms with Crippen LogP contribution in [-0.4, -0.2) is 18.7 Å². The SMILES string of the molecule is CCOC(=O)C(C)Oc1ccc(/C=C/c2ccc(Br)cc2)cc1. The Morgan fingerprint density at radius 2 is 1.57 bits per heavy atom. The maximum atomic E-state index is 11.5. The van der Waals surface area contributed by atoms with E-state index in [1.54, 1.807) is 13.8 Å². The second kappa shape index (κ2) is 8.53. The van der Waals surface area contributed by atoms with Gasteiger partial charge in [0.25, 0.3) is 0 Å². The fraction of sp³-hybridized carbons (Fsp3) is 0.211. The Labute approximate surface area is 145 Å². The molecule has 2 aromatic rings. The molecule has 0 saturated carbocycles. The fourth-order valence-electron chi connectivity index (χ4n) is 1.94. The number of hydrogen-bond donors (Lipinski definition) is 0. The molecule has 4 heteroatoms. The summed E-state index contributed by atoms with van der Waals surface area (Å²) in [5, 5.41) is 0. The fourth-order valence-corrected chi connectivity index (χ4v) is 2.20. The minimum absolute atomic E-state index is 0.353. The van der Waals surface area contributed by atoms with Crippen molar-refractivity contribution in [2.24, 2.45) is 0 Å². The van der Waals surface area contributed by atoms with Gasteiger partial charge in [0.2, 0.25) is 0 Å². The highest BCUT2D eigenvalue weighted by Gasteiger charge is 2.15. The first-order valence-electron chi connectivity index (χ1n) is 7.45. The van der Waals surface area contributed by atoms with Crippen LogP contribution < -0.4 is 4.74 Å². The quantitative estimate of drug-likeness (QED) is 0.529. The largest absolute Gasteiger partial charge is 0.479 e. The van der Waals surface area contributed by atoms with Crippen LogP contribution in [0.4, 0.5) is 0 Å². The molecule has 0 N–H and O–H groups in total. The van der Waals surface area contributed by atoms with E-state index in [0.29, 0.717) is 12.4 Å². The van der Waals surface area contributed by atoms with Crippen molar-refractivity contribution in [1.29, 1.82) is 0 Å². The zero-order valence-electron chi connectivity index (χ0n) is 13.2. The summed E-state index contributed by atoms with van der Waals surface area (Å²) >= 11 is 3.42. The van der Waals surface area contributed by atoms with Crippen molar-refractivity contribution < 1.29 is 14.3 Å². The van der Waals surface area contributed by atoms with Gasteiger partial charge in [-0.05, 0) is 49.2 Å². The number of rotatable bonds is 6. The molecule has 0 radical (unpaired) electrons. The number of ether oxygens (including phenoxy) is 2. The van der Waals surface area contributed by atoms with Crippen LogP contribution >= 0.6 is 15.9 Å². The smallest absolute Gasteiger partial charge is 0.347 e. The van der Waals surface area contributed by atoms with Crippen LogP contribution in [0.1, 0.15) is 25.0 Å². The Morgan fingerprint density at radius 3 is 2.09 bits per heavy atom. The van der Waals surface area contributed by atoms with Crippen molar-refractivity contribution >= 4 is 34.1 Å². The van der Waals surface area contributed by atoms with E-state index in [2.05, 4.69) is 15.9 Å². The number of benzene rings is 2. The van der Waals surface area contributed by atoms with Crippen molar-refractivity contribution in [2.75, 3.05) is 6.61 Å². The molecule has 0 bridgehead atoms. The van der Waals surface area contributed by atoms with Crippen LogP contribution in [0.15, 0.2) is 53.0 Å². The second-order valence-corrected chi connectivity index (χ2v) is 5.88. The van der Waals surface area contributed by atoms with Crippen molar-refractivity contribution in [2.45, 2.75) is 20.0 Å². The summed E-state index contributed by atoms with van der Waals surface area (Å²) in [4.78, 5) is 11.5. The van der Waals surface area contributed by atoms with Crippen LogP contribution in [0.25, 0.3) is 12.2 Å². The average Bonchev–Trinajstić information content (AvgIpc) is 2.56. The van der Waals surface area contributed by atoms with Gasteiger partial charge in [0.1, 0.15) is 5.75 Å². The van der Waals surface area contributed by atoms with Gasteiger partial charge in [0.05, 0.1) is 6.61 Å². The average molecular weight is 375 g/mol. The van der Waals surface area contributed by atoms with Gasteiger partial charge in [-0.2, -0.15) is 0 Å². The van der Waals surface area contributed by atoms with Crippen molar-refractivity contribution in [3.05, 3.63) is 64.1 Å². The lowest BCUT2D eigenvalue weighted by atomic mass is 10.1. The lowest BCUT2D eigenvalue weighted by Crippen LogP contribution is -2.25. The summed E-state index contributed by atoms with van der Waals surface area (Å²) in [6.07, 6.45) is 3.46. The highest BCUT2D eigenvalue weighted by atomic mass is 79.9. The first kappa shape index (κ1) is 17.3. The van der Waals surface area contributed by atoms with Crippen LogP contribution in [-0.2, 0) is 9.53 Å². The van der Waals surface area contributed by atoms with Gasteiger partial charge in [-0.3, -0.25) is 0 Å². The highest BCUT2D eigenvalue weighted by molar-refractivity contribution is 9.10. The molecule has 1 atom stereocenters. The summed E-state index contributed by atoms with van der Waals surface area (Å²) in [5.41, 5.74) is 2.19. The third-order valence-electron chi connectivity index (χ3n) is 3.15. The van der Waals surface area contributed by atoms with Gasteiger partial charge in [0.15, 0.2) is 6.10 Å². The molecule has 0 amide bonds. The summed E-state index contributed by atoms with van der Waals surface area (Å²) in [6, 6.07) is 15.7. The Balaban J connectivity index is 1.96. The Bertz CT molecular complexity index is 660.